The van der Waals surface area contributed by atoms with E-state index in [1.165, 1.54) is 38.2 Å². The van der Waals surface area contributed by atoms with E-state index in [1.807, 2.05) is 12.1 Å². The molecule has 2 fully saturated rings. The van der Waals surface area contributed by atoms with E-state index < -0.39 is 0 Å². The molecule has 0 heterocycles. The molecule has 1 aromatic carbocycles. The fourth-order valence-electron chi connectivity index (χ4n) is 4.00. The highest BCUT2D eigenvalue weighted by Gasteiger charge is 2.39. The molecule has 0 saturated heterocycles. The summed E-state index contributed by atoms with van der Waals surface area (Å²) in [7, 11) is 0. The van der Waals surface area contributed by atoms with E-state index in [2.05, 4.69) is 15.9 Å². The quantitative estimate of drug-likeness (QED) is 0.690. The molecule has 0 spiro atoms. The van der Waals surface area contributed by atoms with Crippen LogP contribution in [0.15, 0.2) is 24.3 Å². The van der Waals surface area contributed by atoms with Gasteiger partial charge in [0.05, 0.1) is 0 Å². The number of halogens is 2. The summed E-state index contributed by atoms with van der Waals surface area (Å²) in [4.78, 5) is 0.503. The van der Waals surface area contributed by atoms with Gasteiger partial charge in [-0.2, -0.15) is 0 Å². The first-order valence-corrected chi connectivity index (χ1v) is 8.01. The highest BCUT2D eigenvalue weighted by Crippen LogP contribution is 2.50. The van der Waals surface area contributed by atoms with E-state index in [4.69, 9.17) is 0 Å². The van der Waals surface area contributed by atoms with Gasteiger partial charge in [0.1, 0.15) is 5.82 Å². The molecular formula is C16H20BrF. The molecule has 2 bridgehead atoms. The van der Waals surface area contributed by atoms with Crippen molar-refractivity contribution in [2.45, 2.75) is 43.4 Å². The van der Waals surface area contributed by atoms with Crippen LogP contribution in [0.3, 0.4) is 0 Å². The van der Waals surface area contributed by atoms with Crippen LogP contribution in [-0.2, 0) is 6.42 Å². The molecule has 0 aromatic heterocycles. The fraction of sp³-hybridized carbons (Fsp3) is 0.625. The van der Waals surface area contributed by atoms with Crippen LogP contribution in [-0.4, -0.2) is 4.83 Å². The molecule has 2 saturated carbocycles. The van der Waals surface area contributed by atoms with Crippen LogP contribution in [0.1, 0.15) is 37.7 Å². The van der Waals surface area contributed by atoms with Crippen molar-refractivity contribution < 1.29 is 4.39 Å². The predicted octanol–water partition coefficient (Wildman–Crippen LogP) is 4.96. The number of hydrogen-bond donors (Lipinski definition) is 0. The van der Waals surface area contributed by atoms with Crippen LogP contribution < -0.4 is 0 Å². The molecule has 2 aliphatic carbocycles. The van der Waals surface area contributed by atoms with Crippen molar-refractivity contribution in [3.05, 3.63) is 35.6 Å². The summed E-state index contributed by atoms with van der Waals surface area (Å²) in [5.74, 6) is 2.81. The summed E-state index contributed by atoms with van der Waals surface area (Å²) in [6.07, 6.45) is 8.05. The molecule has 4 unspecified atom stereocenters. The third-order valence-electron chi connectivity index (χ3n) is 4.79. The molecule has 3 rings (SSSR count). The molecule has 0 N–H and O–H groups in total. The van der Waals surface area contributed by atoms with E-state index in [9.17, 15) is 4.39 Å². The zero-order valence-corrected chi connectivity index (χ0v) is 12.2. The number of benzene rings is 1. The second-order valence-corrected chi connectivity index (χ2v) is 7.40. The molecule has 0 aliphatic heterocycles. The summed E-state index contributed by atoms with van der Waals surface area (Å²) >= 11 is 3.80. The second kappa shape index (κ2) is 5.32. The lowest BCUT2D eigenvalue weighted by molar-refractivity contribution is 0.313. The average molecular weight is 311 g/mol. The first-order chi connectivity index (χ1) is 8.70. The average Bonchev–Trinajstić information content (AvgIpc) is 2.90. The normalized spacial score (nSPS) is 31.8. The van der Waals surface area contributed by atoms with Crippen LogP contribution in [0.2, 0.25) is 0 Å². The van der Waals surface area contributed by atoms with E-state index in [0.29, 0.717) is 4.83 Å². The van der Waals surface area contributed by atoms with Gasteiger partial charge in [-0.25, -0.2) is 4.39 Å². The molecule has 98 valence electrons. The Kier molecular flexibility index (Phi) is 3.74. The van der Waals surface area contributed by atoms with Crippen molar-refractivity contribution in [1.29, 1.82) is 0 Å². The Morgan fingerprint density at radius 3 is 2.83 bits per heavy atom. The number of alkyl halides is 1. The van der Waals surface area contributed by atoms with Gasteiger partial charge < -0.3 is 0 Å². The lowest BCUT2D eigenvalue weighted by atomic mass is 9.85. The first-order valence-electron chi connectivity index (χ1n) is 7.09. The molecule has 2 aliphatic rings. The number of rotatable bonds is 4. The highest BCUT2D eigenvalue weighted by molar-refractivity contribution is 9.09. The highest BCUT2D eigenvalue weighted by atomic mass is 79.9. The van der Waals surface area contributed by atoms with Gasteiger partial charge in [-0.05, 0) is 67.6 Å². The van der Waals surface area contributed by atoms with Crippen molar-refractivity contribution >= 4 is 15.9 Å². The van der Waals surface area contributed by atoms with Crippen molar-refractivity contribution in [1.82, 2.24) is 0 Å². The molecule has 0 nitrogen and oxygen atoms in total. The number of hydrogen-bond acceptors (Lipinski definition) is 0. The molecule has 0 radical (unpaired) electrons. The minimum atomic E-state index is -0.118. The lowest BCUT2D eigenvalue weighted by Gasteiger charge is -2.24. The Morgan fingerprint density at radius 2 is 2.17 bits per heavy atom. The SMILES string of the molecule is Fc1cccc(CC(Br)CC2CC3CCC2C3)c1. The molecule has 18 heavy (non-hydrogen) atoms. The number of fused-ring (bicyclic) bond motifs is 2. The predicted molar refractivity (Wildman–Crippen MR) is 76.4 cm³/mol. The van der Waals surface area contributed by atoms with Gasteiger partial charge in [-0.3, -0.25) is 0 Å². The van der Waals surface area contributed by atoms with Gasteiger partial charge in [0.15, 0.2) is 0 Å². The van der Waals surface area contributed by atoms with Gasteiger partial charge in [0.2, 0.25) is 0 Å². The Morgan fingerprint density at radius 1 is 1.28 bits per heavy atom. The van der Waals surface area contributed by atoms with Crippen LogP contribution in [0.4, 0.5) is 4.39 Å². The standard InChI is InChI=1S/C16H20BrF/c17-15(8-11-2-1-3-16(18)9-11)10-14-7-12-4-5-13(14)6-12/h1-3,9,12-15H,4-8,10H2. The summed E-state index contributed by atoms with van der Waals surface area (Å²) in [6, 6.07) is 7.01. The maximum absolute atomic E-state index is 13.1. The van der Waals surface area contributed by atoms with E-state index in [1.54, 1.807) is 6.07 Å². The largest absolute Gasteiger partial charge is 0.207 e. The van der Waals surface area contributed by atoms with Crippen LogP contribution in [0, 0.1) is 23.6 Å². The van der Waals surface area contributed by atoms with Gasteiger partial charge in [0, 0.05) is 4.83 Å². The molecule has 2 heteroatoms. The van der Waals surface area contributed by atoms with Crippen molar-refractivity contribution in [3.63, 3.8) is 0 Å². The van der Waals surface area contributed by atoms with E-state index >= 15 is 0 Å². The summed E-state index contributed by atoms with van der Waals surface area (Å²) in [5.41, 5.74) is 1.11. The first kappa shape index (κ1) is 12.7. The Labute approximate surface area is 117 Å². The summed E-state index contributed by atoms with van der Waals surface area (Å²) in [5, 5.41) is 0. The van der Waals surface area contributed by atoms with Crippen LogP contribution >= 0.6 is 15.9 Å². The maximum Gasteiger partial charge on any atom is 0.123 e. The smallest absolute Gasteiger partial charge is 0.123 e. The minimum Gasteiger partial charge on any atom is -0.207 e. The van der Waals surface area contributed by atoms with Gasteiger partial charge in [-0.15, -0.1) is 0 Å². The maximum atomic E-state index is 13.1. The fourth-order valence-corrected chi connectivity index (χ4v) is 4.85. The van der Waals surface area contributed by atoms with Crippen molar-refractivity contribution in [2.24, 2.45) is 17.8 Å². The molecular weight excluding hydrogens is 291 g/mol. The Balaban J connectivity index is 1.54. The van der Waals surface area contributed by atoms with Gasteiger partial charge >= 0.3 is 0 Å². The van der Waals surface area contributed by atoms with E-state index in [0.717, 1.165) is 29.7 Å². The van der Waals surface area contributed by atoms with E-state index in [-0.39, 0.29) is 5.82 Å². The Bertz CT molecular complexity index is 417. The third-order valence-corrected chi connectivity index (χ3v) is 5.49. The van der Waals surface area contributed by atoms with Crippen LogP contribution in [0.5, 0.6) is 0 Å². The van der Waals surface area contributed by atoms with Crippen molar-refractivity contribution in [3.8, 4) is 0 Å². The summed E-state index contributed by atoms with van der Waals surface area (Å²) < 4.78 is 13.1. The van der Waals surface area contributed by atoms with Gasteiger partial charge in [-0.1, -0.05) is 34.5 Å². The minimum absolute atomic E-state index is 0.118. The van der Waals surface area contributed by atoms with Crippen LogP contribution in [0.25, 0.3) is 0 Å². The zero-order chi connectivity index (χ0) is 12.5. The van der Waals surface area contributed by atoms with Crippen molar-refractivity contribution in [2.75, 3.05) is 0 Å². The lowest BCUT2D eigenvalue weighted by Crippen LogP contribution is -2.16. The molecule has 0 amide bonds. The molecule has 1 aromatic rings. The Hall–Kier alpha value is -0.370. The third kappa shape index (κ3) is 2.79. The summed E-state index contributed by atoms with van der Waals surface area (Å²) in [6.45, 7) is 0. The second-order valence-electron chi connectivity index (χ2n) is 6.10. The molecule has 4 atom stereocenters. The van der Waals surface area contributed by atoms with Gasteiger partial charge in [0.25, 0.3) is 0 Å². The topological polar surface area (TPSA) is 0 Å². The zero-order valence-electron chi connectivity index (χ0n) is 10.6. The monoisotopic (exact) mass is 310 g/mol.